The van der Waals surface area contributed by atoms with E-state index in [9.17, 15) is 14.0 Å². The van der Waals surface area contributed by atoms with Crippen LogP contribution in [0.2, 0.25) is 5.02 Å². The first-order valence-corrected chi connectivity index (χ1v) is 13.1. The molecule has 0 unspecified atom stereocenters. The minimum Gasteiger partial charge on any atom is -0.450 e. The number of carbonyl (C=O) groups excluding carboxylic acids is 2. The second kappa shape index (κ2) is 11.8. The topological polar surface area (TPSA) is 83.6 Å². The number of alkyl carbamates (subject to hydrolysis) is 1. The van der Waals surface area contributed by atoms with Crippen LogP contribution in [0.1, 0.15) is 41.2 Å². The average Bonchev–Trinajstić information content (AvgIpc) is 3.36. The van der Waals surface area contributed by atoms with Crippen molar-refractivity contribution in [1.29, 1.82) is 0 Å². The summed E-state index contributed by atoms with van der Waals surface area (Å²) in [6.07, 6.45) is 1.02. The lowest BCUT2D eigenvalue weighted by molar-refractivity contribution is 0.102. The third kappa shape index (κ3) is 6.37. The number of likely N-dealkylation sites (tertiary alicyclic amines) is 1. The van der Waals surface area contributed by atoms with Crippen LogP contribution >= 0.6 is 35.2 Å². The normalized spacial score (nSPS) is 13.8. The Hall–Kier alpha value is -3.08. The number of amides is 2. The Morgan fingerprint density at radius 2 is 1.94 bits per heavy atom. The number of aromatic nitrogens is 1. The first-order chi connectivity index (χ1) is 17.3. The number of thiazole rings is 1. The Morgan fingerprint density at radius 1 is 1.22 bits per heavy atom. The highest BCUT2D eigenvalue weighted by atomic mass is 35.5. The van der Waals surface area contributed by atoms with Gasteiger partial charge < -0.3 is 15.0 Å². The molecule has 0 aliphatic carbocycles. The SMILES string of the molecule is CCOC(=O)NC(=S)N1CCC(c2nc(C(=O)Nc3ccc(F)cc3-c3ccc(Cl)cc3)cs2)CC1. The number of rotatable bonds is 5. The smallest absolute Gasteiger partial charge is 0.413 e. The van der Waals surface area contributed by atoms with Crippen molar-refractivity contribution in [2.24, 2.45) is 0 Å². The molecule has 188 valence electrons. The maximum Gasteiger partial charge on any atom is 0.413 e. The van der Waals surface area contributed by atoms with Crippen LogP contribution in [0, 0.1) is 5.82 Å². The summed E-state index contributed by atoms with van der Waals surface area (Å²) < 4.78 is 18.8. The van der Waals surface area contributed by atoms with Gasteiger partial charge in [-0.15, -0.1) is 11.3 Å². The van der Waals surface area contributed by atoms with E-state index < -0.39 is 11.9 Å². The Morgan fingerprint density at radius 3 is 2.64 bits per heavy atom. The number of anilines is 1. The van der Waals surface area contributed by atoms with E-state index in [0.29, 0.717) is 40.2 Å². The van der Waals surface area contributed by atoms with Crippen molar-refractivity contribution in [2.75, 3.05) is 25.0 Å². The summed E-state index contributed by atoms with van der Waals surface area (Å²) in [4.78, 5) is 31.1. The number of carbonyl (C=O) groups is 2. The maximum atomic E-state index is 14.0. The van der Waals surface area contributed by atoms with Gasteiger partial charge in [-0.25, -0.2) is 14.2 Å². The van der Waals surface area contributed by atoms with Crippen LogP contribution in [-0.2, 0) is 4.74 Å². The quantitative estimate of drug-likeness (QED) is 0.378. The van der Waals surface area contributed by atoms with Crippen LogP contribution in [0.5, 0.6) is 0 Å². The first-order valence-electron chi connectivity index (χ1n) is 11.4. The first kappa shape index (κ1) is 26.0. The zero-order valence-electron chi connectivity index (χ0n) is 19.4. The molecule has 11 heteroatoms. The van der Waals surface area contributed by atoms with Gasteiger partial charge in [-0.3, -0.25) is 10.1 Å². The summed E-state index contributed by atoms with van der Waals surface area (Å²) in [6, 6.07) is 11.2. The molecule has 36 heavy (non-hydrogen) atoms. The second-order valence-electron chi connectivity index (χ2n) is 8.13. The Balaban J connectivity index is 1.39. The van der Waals surface area contributed by atoms with Crippen molar-refractivity contribution in [3.8, 4) is 11.1 Å². The number of piperidine rings is 1. The highest BCUT2D eigenvalue weighted by molar-refractivity contribution is 7.80. The predicted molar refractivity (Wildman–Crippen MR) is 143 cm³/mol. The van der Waals surface area contributed by atoms with E-state index in [-0.39, 0.29) is 18.4 Å². The highest BCUT2D eigenvalue weighted by Gasteiger charge is 2.26. The number of ether oxygens (including phenoxy) is 1. The standard InChI is InChI=1S/C25H24ClFN4O3S2/c1-2-34-25(33)30-24(35)31-11-9-16(10-12-31)23-29-21(14-36-23)22(32)28-20-8-7-18(27)13-19(20)15-3-5-17(26)6-4-15/h3-8,13-14,16H,2,9-12H2,1H3,(H,28,32)(H,30,33,35). The molecule has 1 fully saturated rings. The molecule has 2 N–H and O–H groups in total. The molecule has 0 radical (unpaired) electrons. The summed E-state index contributed by atoms with van der Waals surface area (Å²) in [5, 5.41) is 8.96. The number of hydrogen-bond donors (Lipinski definition) is 2. The van der Waals surface area contributed by atoms with Crippen LogP contribution in [0.4, 0.5) is 14.9 Å². The molecule has 0 saturated carbocycles. The van der Waals surface area contributed by atoms with Gasteiger partial charge in [0, 0.05) is 40.7 Å². The summed E-state index contributed by atoms with van der Waals surface area (Å²) in [5.74, 6) is -0.581. The molecule has 1 aliphatic heterocycles. The molecule has 1 aliphatic rings. The summed E-state index contributed by atoms with van der Waals surface area (Å²) in [7, 11) is 0. The van der Waals surface area contributed by atoms with Gasteiger partial charge in [-0.1, -0.05) is 23.7 Å². The number of benzene rings is 2. The second-order valence-corrected chi connectivity index (χ2v) is 9.85. The van der Waals surface area contributed by atoms with Gasteiger partial charge in [0.25, 0.3) is 5.91 Å². The molecule has 3 aromatic rings. The number of thiocarbonyl (C=S) groups is 1. The Kier molecular flexibility index (Phi) is 8.50. The fourth-order valence-corrected chi connectivity index (χ4v) is 5.29. The molecular formula is C25H24ClFN4O3S2. The largest absolute Gasteiger partial charge is 0.450 e. The van der Waals surface area contributed by atoms with E-state index >= 15 is 0 Å². The molecule has 2 aromatic carbocycles. The van der Waals surface area contributed by atoms with Crippen molar-refractivity contribution in [3.05, 3.63) is 69.4 Å². The molecular weight excluding hydrogens is 523 g/mol. The van der Waals surface area contributed by atoms with E-state index in [1.54, 1.807) is 36.6 Å². The third-order valence-electron chi connectivity index (χ3n) is 5.76. The lowest BCUT2D eigenvalue weighted by Gasteiger charge is -2.32. The van der Waals surface area contributed by atoms with Crippen LogP contribution in [0.15, 0.2) is 47.8 Å². The molecule has 0 spiro atoms. The van der Waals surface area contributed by atoms with Crippen molar-refractivity contribution in [3.63, 3.8) is 0 Å². The minimum atomic E-state index is -0.555. The third-order valence-corrected chi connectivity index (χ3v) is 7.37. The van der Waals surface area contributed by atoms with Gasteiger partial charge >= 0.3 is 6.09 Å². The van der Waals surface area contributed by atoms with E-state index in [4.69, 9.17) is 28.6 Å². The monoisotopic (exact) mass is 546 g/mol. The Labute approximate surface area is 222 Å². The summed E-state index contributed by atoms with van der Waals surface area (Å²) in [5.41, 5.74) is 2.07. The molecule has 2 amide bonds. The van der Waals surface area contributed by atoms with Gasteiger partial charge in [0.2, 0.25) is 0 Å². The van der Waals surface area contributed by atoms with E-state index in [1.807, 2.05) is 4.90 Å². The van der Waals surface area contributed by atoms with Crippen LogP contribution in [-0.4, -0.2) is 46.7 Å². The van der Waals surface area contributed by atoms with E-state index in [1.165, 1.54) is 29.5 Å². The van der Waals surface area contributed by atoms with Crippen molar-refractivity contribution < 1.29 is 18.7 Å². The fourth-order valence-electron chi connectivity index (χ4n) is 3.92. The minimum absolute atomic E-state index is 0.189. The van der Waals surface area contributed by atoms with Gasteiger partial charge in [0.05, 0.1) is 11.6 Å². The maximum absolute atomic E-state index is 14.0. The van der Waals surface area contributed by atoms with Crippen LogP contribution < -0.4 is 10.6 Å². The molecule has 4 rings (SSSR count). The number of hydrogen-bond acceptors (Lipinski definition) is 6. The molecule has 0 bridgehead atoms. The van der Waals surface area contributed by atoms with Gasteiger partial charge in [-0.05, 0) is 67.9 Å². The number of nitrogens with one attached hydrogen (secondary N) is 2. The molecule has 1 saturated heterocycles. The summed E-state index contributed by atoms with van der Waals surface area (Å²) in [6.45, 7) is 3.34. The van der Waals surface area contributed by atoms with Gasteiger partial charge in [-0.2, -0.15) is 0 Å². The van der Waals surface area contributed by atoms with Crippen molar-refractivity contribution >= 4 is 58.0 Å². The number of halogens is 2. The van der Waals surface area contributed by atoms with Crippen LogP contribution in [0.25, 0.3) is 11.1 Å². The zero-order valence-corrected chi connectivity index (χ0v) is 21.8. The van der Waals surface area contributed by atoms with Gasteiger partial charge in [0.15, 0.2) is 5.11 Å². The van der Waals surface area contributed by atoms with Crippen LogP contribution in [0.3, 0.4) is 0 Å². The molecule has 0 atom stereocenters. The van der Waals surface area contributed by atoms with E-state index in [0.717, 1.165) is 23.4 Å². The number of nitrogens with zero attached hydrogens (tertiary/aromatic N) is 2. The van der Waals surface area contributed by atoms with E-state index in [2.05, 4.69) is 15.6 Å². The molecule has 7 nitrogen and oxygen atoms in total. The molecule has 1 aromatic heterocycles. The lowest BCUT2D eigenvalue weighted by atomic mass is 9.98. The lowest BCUT2D eigenvalue weighted by Crippen LogP contribution is -2.46. The average molecular weight is 547 g/mol. The van der Waals surface area contributed by atoms with Crippen molar-refractivity contribution in [1.82, 2.24) is 15.2 Å². The zero-order chi connectivity index (χ0) is 25.7. The summed E-state index contributed by atoms with van der Waals surface area (Å²) >= 11 is 12.7. The van der Waals surface area contributed by atoms with Crippen molar-refractivity contribution in [2.45, 2.75) is 25.7 Å². The Bertz CT molecular complexity index is 1260. The highest BCUT2D eigenvalue weighted by Crippen LogP contribution is 2.32. The fraction of sp³-hybridized carbons (Fsp3) is 0.280. The predicted octanol–water partition coefficient (Wildman–Crippen LogP) is 6.07. The molecule has 2 heterocycles. The van der Waals surface area contributed by atoms with Gasteiger partial charge in [0.1, 0.15) is 11.5 Å².